The Morgan fingerprint density at radius 1 is 1.37 bits per heavy atom. The fourth-order valence-corrected chi connectivity index (χ4v) is 1.64. The maximum atomic E-state index is 5.75. The maximum Gasteiger partial charge on any atom is 0.189 e. The summed E-state index contributed by atoms with van der Waals surface area (Å²) in [5.74, 6) is 1.37. The van der Waals surface area contributed by atoms with Gasteiger partial charge in [-0.1, -0.05) is 30.4 Å². The van der Waals surface area contributed by atoms with Gasteiger partial charge >= 0.3 is 0 Å². The molecule has 0 aliphatic carbocycles. The van der Waals surface area contributed by atoms with Crippen molar-refractivity contribution in [1.82, 2.24) is 5.32 Å². The molecule has 0 spiro atoms. The third-order valence-corrected chi connectivity index (χ3v) is 2.58. The second kappa shape index (κ2) is 7.46. The van der Waals surface area contributed by atoms with Crippen molar-refractivity contribution in [3.8, 4) is 5.75 Å². The summed E-state index contributed by atoms with van der Waals surface area (Å²) in [6, 6.07) is 6.11. The summed E-state index contributed by atoms with van der Waals surface area (Å²) >= 11 is 0. The Kier molecular flexibility index (Phi) is 5.93. The average Bonchev–Trinajstić information content (AvgIpc) is 2.35. The molecule has 0 aliphatic heterocycles. The molecule has 104 valence electrons. The van der Waals surface area contributed by atoms with Crippen LogP contribution in [0.4, 0.5) is 0 Å². The van der Waals surface area contributed by atoms with Gasteiger partial charge in [-0.15, -0.1) is 0 Å². The summed E-state index contributed by atoms with van der Waals surface area (Å²) < 4.78 is 5.75. The molecule has 19 heavy (non-hydrogen) atoms. The molecular weight excluding hydrogens is 238 g/mol. The van der Waals surface area contributed by atoms with E-state index in [9.17, 15) is 0 Å². The summed E-state index contributed by atoms with van der Waals surface area (Å²) in [6.45, 7) is 11.5. The normalized spacial score (nSPS) is 11.2. The molecule has 0 bridgehead atoms. The molecule has 0 radical (unpaired) electrons. The van der Waals surface area contributed by atoms with Crippen LogP contribution >= 0.6 is 0 Å². The zero-order valence-corrected chi connectivity index (χ0v) is 12.0. The molecule has 1 aromatic carbocycles. The van der Waals surface area contributed by atoms with Crippen molar-refractivity contribution in [1.29, 1.82) is 0 Å². The lowest BCUT2D eigenvalue weighted by Gasteiger charge is -2.12. The number of nitrogens with zero attached hydrogens (tertiary/aromatic N) is 1. The number of nitrogens with two attached hydrogens (primary N) is 1. The van der Waals surface area contributed by atoms with Crippen LogP contribution in [0.3, 0.4) is 0 Å². The molecule has 1 rings (SSSR count). The molecule has 1 aromatic rings. The lowest BCUT2D eigenvalue weighted by Crippen LogP contribution is -2.35. The summed E-state index contributed by atoms with van der Waals surface area (Å²) in [4.78, 5) is 4.13. The van der Waals surface area contributed by atoms with E-state index >= 15 is 0 Å². The Morgan fingerprint density at radius 2 is 2.00 bits per heavy atom. The van der Waals surface area contributed by atoms with Crippen molar-refractivity contribution in [2.24, 2.45) is 10.7 Å². The van der Waals surface area contributed by atoms with Crippen LogP contribution in [-0.4, -0.2) is 25.7 Å². The number of nitrogens with one attached hydrogen (secondary N) is 1. The highest BCUT2D eigenvalue weighted by atomic mass is 16.5. The van der Waals surface area contributed by atoms with E-state index in [-0.39, 0.29) is 0 Å². The van der Waals surface area contributed by atoms with Crippen molar-refractivity contribution in [2.45, 2.75) is 20.8 Å². The molecule has 4 nitrogen and oxygen atoms in total. The number of aliphatic imine (C=N–C) groups is 1. The van der Waals surface area contributed by atoms with E-state index in [1.165, 1.54) is 0 Å². The first-order chi connectivity index (χ1) is 9.00. The summed E-state index contributed by atoms with van der Waals surface area (Å²) in [7, 11) is 0. The Hall–Kier alpha value is -1.97. The van der Waals surface area contributed by atoms with Gasteiger partial charge in [-0.2, -0.15) is 0 Å². The predicted molar refractivity (Wildman–Crippen MR) is 80.7 cm³/mol. The fourth-order valence-electron chi connectivity index (χ4n) is 1.64. The fraction of sp³-hybridized carbons (Fsp3) is 0.400. The van der Waals surface area contributed by atoms with E-state index in [4.69, 9.17) is 10.5 Å². The van der Waals surface area contributed by atoms with E-state index in [0.717, 1.165) is 22.4 Å². The molecule has 3 N–H and O–H groups in total. The Balaban J connectivity index is 2.35. The van der Waals surface area contributed by atoms with Gasteiger partial charge in [0.05, 0.1) is 13.1 Å². The number of hydrogen-bond acceptors (Lipinski definition) is 2. The molecule has 0 aliphatic rings. The number of aryl methyl sites for hydroxylation is 2. The van der Waals surface area contributed by atoms with Crippen molar-refractivity contribution in [2.75, 3.05) is 19.7 Å². The van der Waals surface area contributed by atoms with Gasteiger partial charge in [0, 0.05) is 0 Å². The molecule has 0 amide bonds. The number of guanidine groups is 1. The van der Waals surface area contributed by atoms with Crippen molar-refractivity contribution >= 4 is 5.96 Å². The maximum absolute atomic E-state index is 5.75. The van der Waals surface area contributed by atoms with E-state index in [1.807, 2.05) is 39.0 Å². The quantitative estimate of drug-likeness (QED) is 0.357. The van der Waals surface area contributed by atoms with Gasteiger partial charge in [0.2, 0.25) is 0 Å². The third kappa shape index (κ3) is 5.46. The second-order valence-corrected chi connectivity index (χ2v) is 4.65. The van der Waals surface area contributed by atoms with Crippen LogP contribution in [0.1, 0.15) is 18.1 Å². The lowest BCUT2D eigenvalue weighted by molar-refractivity contribution is 0.318. The molecule has 0 saturated carbocycles. The van der Waals surface area contributed by atoms with Crippen LogP contribution in [0.2, 0.25) is 0 Å². The number of hydrogen-bond donors (Lipinski definition) is 2. The van der Waals surface area contributed by atoms with Gasteiger partial charge < -0.3 is 15.8 Å². The highest BCUT2D eigenvalue weighted by Crippen LogP contribution is 2.21. The van der Waals surface area contributed by atoms with Crippen molar-refractivity contribution in [3.05, 3.63) is 41.5 Å². The first kappa shape index (κ1) is 15.1. The molecular formula is C15H23N3O. The minimum Gasteiger partial charge on any atom is -0.491 e. The third-order valence-electron chi connectivity index (χ3n) is 2.58. The first-order valence-electron chi connectivity index (χ1n) is 6.38. The van der Waals surface area contributed by atoms with Crippen LogP contribution in [0.5, 0.6) is 5.75 Å². The predicted octanol–water partition coefficient (Wildman–Crippen LogP) is 2.16. The monoisotopic (exact) mass is 261 g/mol. The summed E-state index contributed by atoms with van der Waals surface area (Å²) in [5.41, 5.74) is 8.97. The van der Waals surface area contributed by atoms with Gasteiger partial charge in [0.25, 0.3) is 0 Å². The van der Waals surface area contributed by atoms with E-state index in [0.29, 0.717) is 25.7 Å². The average molecular weight is 261 g/mol. The molecule has 4 heteroatoms. The minimum absolute atomic E-state index is 0.424. The Bertz CT molecular complexity index is 446. The van der Waals surface area contributed by atoms with E-state index < -0.39 is 0 Å². The van der Waals surface area contributed by atoms with Crippen LogP contribution in [-0.2, 0) is 0 Å². The zero-order valence-electron chi connectivity index (χ0n) is 12.0. The van der Waals surface area contributed by atoms with Crippen molar-refractivity contribution < 1.29 is 4.74 Å². The van der Waals surface area contributed by atoms with Crippen LogP contribution in [0.15, 0.2) is 35.3 Å². The largest absolute Gasteiger partial charge is 0.491 e. The number of benzene rings is 1. The van der Waals surface area contributed by atoms with Gasteiger partial charge in [-0.3, -0.25) is 0 Å². The molecule has 0 aromatic heterocycles. The minimum atomic E-state index is 0.424. The SMILES string of the molecule is C=C(C)CN=C(N)NCCOc1c(C)cccc1C. The molecule has 0 fully saturated rings. The molecule has 0 saturated heterocycles. The van der Waals surface area contributed by atoms with Gasteiger partial charge in [-0.05, 0) is 31.9 Å². The zero-order chi connectivity index (χ0) is 14.3. The van der Waals surface area contributed by atoms with E-state index in [1.54, 1.807) is 0 Å². The number of para-hydroxylation sites is 1. The van der Waals surface area contributed by atoms with E-state index in [2.05, 4.69) is 16.9 Å². The number of ether oxygens (including phenoxy) is 1. The molecule has 0 heterocycles. The van der Waals surface area contributed by atoms with Crippen LogP contribution in [0, 0.1) is 13.8 Å². The van der Waals surface area contributed by atoms with Gasteiger partial charge in [-0.25, -0.2) is 4.99 Å². The smallest absolute Gasteiger partial charge is 0.189 e. The lowest BCUT2D eigenvalue weighted by atomic mass is 10.1. The topological polar surface area (TPSA) is 59.6 Å². The highest BCUT2D eigenvalue weighted by molar-refractivity contribution is 5.77. The van der Waals surface area contributed by atoms with Gasteiger partial charge in [0.15, 0.2) is 5.96 Å². The second-order valence-electron chi connectivity index (χ2n) is 4.65. The summed E-state index contributed by atoms with van der Waals surface area (Å²) in [6.07, 6.45) is 0. The summed E-state index contributed by atoms with van der Waals surface area (Å²) in [5, 5.41) is 3.01. The molecule has 0 atom stereocenters. The first-order valence-corrected chi connectivity index (χ1v) is 6.38. The van der Waals surface area contributed by atoms with Gasteiger partial charge in [0.1, 0.15) is 12.4 Å². The Labute approximate surface area is 115 Å². The van der Waals surface area contributed by atoms with Crippen LogP contribution < -0.4 is 15.8 Å². The highest BCUT2D eigenvalue weighted by Gasteiger charge is 2.02. The Morgan fingerprint density at radius 3 is 2.58 bits per heavy atom. The molecule has 0 unspecified atom stereocenters. The number of rotatable bonds is 6. The standard InChI is InChI=1S/C15H23N3O/c1-11(2)10-18-15(16)17-8-9-19-14-12(3)6-5-7-13(14)4/h5-7H,1,8-10H2,2-4H3,(H3,16,17,18). The van der Waals surface area contributed by atoms with Crippen molar-refractivity contribution in [3.63, 3.8) is 0 Å². The van der Waals surface area contributed by atoms with Crippen LogP contribution in [0.25, 0.3) is 0 Å².